The molecule has 15 heteroatoms. The minimum Gasteiger partial charge on any atom is -0.475 e. The second kappa shape index (κ2) is 12.2. The van der Waals surface area contributed by atoms with Crippen molar-refractivity contribution in [2.45, 2.75) is 31.7 Å². The molecule has 1 amide bonds. The summed E-state index contributed by atoms with van der Waals surface area (Å²) in [6.07, 6.45) is -4.91. The Morgan fingerprint density at radius 2 is 1.45 bits per heavy atom. The molecule has 208 valence electrons. The summed E-state index contributed by atoms with van der Waals surface area (Å²) in [7, 11) is 0. The topological polar surface area (TPSA) is 111 Å². The number of halogens is 7. The fourth-order valence-corrected chi connectivity index (χ4v) is 3.90. The third kappa shape index (κ3) is 8.39. The van der Waals surface area contributed by atoms with Gasteiger partial charge in [-0.25, -0.2) is 14.0 Å². The number of alkyl halides is 6. The Morgan fingerprint density at radius 1 is 0.921 bits per heavy atom. The highest BCUT2D eigenvalue weighted by atomic mass is 19.4. The van der Waals surface area contributed by atoms with Gasteiger partial charge in [0.05, 0.1) is 17.3 Å². The molecule has 1 atom stereocenters. The monoisotopic (exact) mass is 553 g/mol. The van der Waals surface area contributed by atoms with E-state index in [-0.39, 0.29) is 17.1 Å². The number of benzene rings is 1. The number of anilines is 1. The predicted molar refractivity (Wildman–Crippen MR) is 117 cm³/mol. The van der Waals surface area contributed by atoms with Gasteiger partial charge in [0, 0.05) is 25.8 Å². The second-order valence-electron chi connectivity index (χ2n) is 8.39. The maximum Gasteiger partial charge on any atom is 0.490 e. The smallest absolute Gasteiger partial charge is 0.475 e. The molecule has 3 heterocycles. The van der Waals surface area contributed by atoms with Crippen LogP contribution in [0.25, 0.3) is 0 Å². The van der Waals surface area contributed by atoms with E-state index in [0.717, 1.165) is 50.3 Å². The summed E-state index contributed by atoms with van der Waals surface area (Å²) < 4.78 is 76.5. The van der Waals surface area contributed by atoms with Crippen LogP contribution < -0.4 is 4.90 Å². The van der Waals surface area contributed by atoms with E-state index in [4.69, 9.17) is 19.8 Å². The fourth-order valence-electron chi connectivity index (χ4n) is 3.90. The Balaban J connectivity index is 0.000000301. The number of rotatable bonds is 3. The van der Waals surface area contributed by atoms with Crippen molar-refractivity contribution in [3.05, 3.63) is 60.2 Å². The highest BCUT2D eigenvalue weighted by Crippen LogP contribution is 2.42. The minimum absolute atomic E-state index is 0.213. The first kappa shape index (κ1) is 30.5. The maximum atomic E-state index is 13.0. The first-order valence-electron chi connectivity index (χ1n) is 10.8. The zero-order valence-electron chi connectivity index (χ0n) is 19.5. The summed E-state index contributed by atoms with van der Waals surface area (Å²) in [6, 6.07) is 10.4. The van der Waals surface area contributed by atoms with Gasteiger partial charge >= 0.3 is 24.3 Å². The van der Waals surface area contributed by atoms with Crippen LogP contribution in [0.2, 0.25) is 0 Å². The van der Waals surface area contributed by atoms with Gasteiger partial charge in [-0.1, -0.05) is 12.1 Å². The Bertz CT molecular complexity index is 1090. The van der Waals surface area contributed by atoms with Gasteiger partial charge in [0.2, 0.25) is 5.91 Å². The molecule has 38 heavy (non-hydrogen) atoms. The van der Waals surface area contributed by atoms with Crippen LogP contribution in [0.1, 0.15) is 18.4 Å². The van der Waals surface area contributed by atoms with Crippen LogP contribution in [-0.2, 0) is 20.9 Å². The standard InChI is InChI=1S/C19H20FN3O.2C2HF3O2/c20-16-5-3-15(4-6-16)13-22-10-7-19(14-22)8-11-23(18(19)24)17-2-1-9-21-12-17;2*3-2(4,5)1(6)7/h1-6,9,12H,7-8,10-11,13-14H2;2*(H,6,7). The maximum absolute atomic E-state index is 13.0. The van der Waals surface area contributed by atoms with E-state index in [1.54, 1.807) is 12.4 Å². The Kier molecular flexibility index (Phi) is 9.78. The number of carboxylic acid groups (broad SMARTS) is 2. The minimum atomic E-state index is -5.08. The molecule has 1 spiro atoms. The zero-order chi connectivity index (χ0) is 28.7. The van der Waals surface area contributed by atoms with E-state index in [0.29, 0.717) is 0 Å². The van der Waals surface area contributed by atoms with E-state index in [1.807, 2.05) is 29.2 Å². The van der Waals surface area contributed by atoms with Crippen LogP contribution in [0.3, 0.4) is 0 Å². The number of carbonyl (C=O) groups excluding carboxylic acids is 1. The van der Waals surface area contributed by atoms with Crippen molar-refractivity contribution in [3.63, 3.8) is 0 Å². The summed E-state index contributed by atoms with van der Waals surface area (Å²) in [5, 5.41) is 14.2. The number of hydrogen-bond acceptors (Lipinski definition) is 5. The van der Waals surface area contributed by atoms with Gasteiger partial charge < -0.3 is 15.1 Å². The first-order chi connectivity index (χ1) is 17.5. The molecule has 2 aliphatic heterocycles. The number of aromatic nitrogens is 1. The summed E-state index contributed by atoms with van der Waals surface area (Å²) in [4.78, 5) is 39.1. The van der Waals surface area contributed by atoms with Crippen molar-refractivity contribution < 1.29 is 55.3 Å². The van der Waals surface area contributed by atoms with Gasteiger partial charge in [-0.05, 0) is 49.2 Å². The number of amides is 1. The van der Waals surface area contributed by atoms with E-state index in [1.165, 1.54) is 12.1 Å². The van der Waals surface area contributed by atoms with E-state index >= 15 is 0 Å². The van der Waals surface area contributed by atoms with Gasteiger partial charge in [-0.2, -0.15) is 26.3 Å². The quantitative estimate of drug-likeness (QED) is 0.551. The lowest BCUT2D eigenvalue weighted by Gasteiger charge is -2.23. The van der Waals surface area contributed by atoms with Crippen LogP contribution in [0, 0.1) is 11.2 Å². The number of carboxylic acids is 2. The number of aliphatic carboxylic acids is 2. The molecule has 1 aromatic heterocycles. The number of pyridine rings is 1. The van der Waals surface area contributed by atoms with Gasteiger partial charge in [0.15, 0.2) is 0 Å². The molecule has 4 rings (SSSR count). The van der Waals surface area contributed by atoms with Gasteiger partial charge in [-0.15, -0.1) is 0 Å². The summed E-state index contributed by atoms with van der Waals surface area (Å²) in [6.45, 7) is 3.21. The van der Waals surface area contributed by atoms with Crippen LogP contribution in [0.4, 0.5) is 36.4 Å². The van der Waals surface area contributed by atoms with Crippen molar-refractivity contribution in [2.75, 3.05) is 24.5 Å². The summed E-state index contributed by atoms with van der Waals surface area (Å²) in [5.74, 6) is -5.51. The number of carbonyl (C=O) groups is 3. The molecule has 1 aromatic carbocycles. The number of hydrogen-bond donors (Lipinski definition) is 2. The van der Waals surface area contributed by atoms with Gasteiger partial charge in [0.25, 0.3) is 0 Å². The van der Waals surface area contributed by atoms with Gasteiger partial charge in [0.1, 0.15) is 5.82 Å². The second-order valence-corrected chi connectivity index (χ2v) is 8.39. The summed E-state index contributed by atoms with van der Waals surface area (Å²) in [5.41, 5.74) is 1.70. The molecule has 2 N–H and O–H groups in total. The molecule has 2 fully saturated rings. The molecule has 1 unspecified atom stereocenters. The predicted octanol–water partition coefficient (Wildman–Crippen LogP) is 4.12. The largest absolute Gasteiger partial charge is 0.490 e. The summed E-state index contributed by atoms with van der Waals surface area (Å²) >= 11 is 0. The van der Waals surface area contributed by atoms with Crippen LogP contribution in [0.15, 0.2) is 48.8 Å². The number of likely N-dealkylation sites (tertiary alicyclic amines) is 1. The third-order valence-corrected chi connectivity index (χ3v) is 5.71. The van der Waals surface area contributed by atoms with E-state index in [2.05, 4.69) is 9.88 Å². The van der Waals surface area contributed by atoms with Crippen molar-refractivity contribution in [2.24, 2.45) is 5.41 Å². The van der Waals surface area contributed by atoms with E-state index in [9.17, 15) is 35.5 Å². The highest BCUT2D eigenvalue weighted by Gasteiger charge is 2.50. The SMILES string of the molecule is O=C(O)C(F)(F)F.O=C(O)C(F)(F)F.O=C1N(c2cccnc2)CCC12CCN(Cc1ccc(F)cc1)C2. The van der Waals surface area contributed by atoms with E-state index < -0.39 is 24.3 Å². The third-order valence-electron chi connectivity index (χ3n) is 5.71. The Hall–Kier alpha value is -3.75. The average Bonchev–Trinajstić information content (AvgIpc) is 3.39. The average molecular weight is 553 g/mol. The molecule has 0 bridgehead atoms. The van der Waals surface area contributed by atoms with Crippen LogP contribution >= 0.6 is 0 Å². The molecule has 2 aliphatic rings. The Labute approximate surface area is 211 Å². The number of nitrogens with zero attached hydrogens (tertiary/aromatic N) is 3. The fraction of sp³-hybridized carbons (Fsp3) is 0.391. The Morgan fingerprint density at radius 3 is 1.92 bits per heavy atom. The first-order valence-corrected chi connectivity index (χ1v) is 10.8. The normalized spacial score (nSPS) is 19.4. The van der Waals surface area contributed by atoms with Crippen molar-refractivity contribution in [1.29, 1.82) is 0 Å². The molecular weight excluding hydrogens is 531 g/mol. The van der Waals surface area contributed by atoms with Gasteiger partial charge in [-0.3, -0.25) is 14.7 Å². The lowest BCUT2D eigenvalue weighted by molar-refractivity contribution is -0.193. The molecule has 0 radical (unpaired) electrons. The van der Waals surface area contributed by atoms with Crippen LogP contribution in [-0.4, -0.2) is 69.9 Å². The molecular formula is C23H22F7N3O5. The molecule has 0 aliphatic carbocycles. The molecule has 8 nitrogen and oxygen atoms in total. The lowest BCUT2D eigenvalue weighted by Crippen LogP contribution is -2.36. The zero-order valence-corrected chi connectivity index (χ0v) is 19.5. The van der Waals surface area contributed by atoms with Crippen molar-refractivity contribution >= 4 is 23.5 Å². The van der Waals surface area contributed by atoms with Crippen LogP contribution in [0.5, 0.6) is 0 Å². The molecule has 2 saturated heterocycles. The van der Waals surface area contributed by atoms with Crippen molar-refractivity contribution in [1.82, 2.24) is 9.88 Å². The highest BCUT2D eigenvalue weighted by molar-refractivity contribution is 6.00. The lowest BCUT2D eigenvalue weighted by atomic mass is 9.85. The molecule has 0 saturated carbocycles. The van der Waals surface area contributed by atoms with Crippen molar-refractivity contribution in [3.8, 4) is 0 Å². The molecule has 2 aromatic rings.